The molecule has 0 bridgehead atoms. The molecule has 0 atom stereocenters. The molecule has 0 amide bonds. The van der Waals surface area contributed by atoms with Crippen LogP contribution in [0.5, 0.6) is 5.75 Å². The van der Waals surface area contributed by atoms with Crippen LogP contribution in [0.25, 0.3) is 11.3 Å². The number of nitro benzene ring substituents is 1. The zero-order valence-electron chi connectivity index (χ0n) is 14.9. The van der Waals surface area contributed by atoms with Gasteiger partial charge in [0.1, 0.15) is 0 Å². The van der Waals surface area contributed by atoms with E-state index in [9.17, 15) is 10.1 Å². The maximum Gasteiger partial charge on any atom is 0.313 e. The van der Waals surface area contributed by atoms with Gasteiger partial charge in [-0.3, -0.25) is 10.1 Å². The zero-order chi connectivity index (χ0) is 18.5. The molecular weight excluding hydrogens is 330 g/mol. The number of para-hydroxylation sites is 1. The number of benzene rings is 2. The van der Waals surface area contributed by atoms with Gasteiger partial charge in [0.15, 0.2) is 5.75 Å². The van der Waals surface area contributed by atoms with E-state index in [4.69, 9.17) is 4.74 Å². The molecule has 26 heavy (non-hydrogen) atoms. The van der Waals surface area contributed by atoms with Crippen molar-refractivity contribution in [3.8, 4) is 17.0 Å². The quantitative estimate of drug-likeness (QED) is 0.356. The minimum Gasteiger partial charge on any atom is -0.487 e. The van der Waals surface area contributed by atoms with Gasteiger partial charge in [0.05, 0.1) is 23.6 Å². The third-order valence-electron chi connectivity index (χ3n) is 4.33. The van der Waals surface area contributed by atoms with Crippen molar-refractivity contribution < 1.29 is 9.66 Å². The van der Waals surface area contributed by atoms with Crippen LogP contribution in [-0.4, -0.2) is 21.1 Å². The molecule has 134 valence electrons. The summed E-state index contributed by atoms with van der Waals surface area (Å²) < 4.78 is 7.74. The summed E-state index contributed by atoms with van der Waals surface area (Å²) in [5.41, 5.74) is 3.80. The second kappa shape index (κ2) is 7.82. The van der Waals surface area contributed by atoms with E-state index in [2.05, 4.69) is 9.55 Å². The molecule has 6 heteroatoms. The van der Waals surface area contributed by atoms with E-state index < -0.39 is 4.92 Å². The fraction of sp³-hybridized carbons (Fsp3) is 0.250. The van der Waals surface area contributed by atoms with Crippen LogP contribution in [-0.2, 0) is 6.54 Å². The van der Waals surface area contributed by atoms with Gasteiger partial charge in [0.2, 0.25) is 0 Å². The molecule has 0 radical (unpaired) electrons. The molecule has 2 aromatic carbocycles. The van der Waals surface area contributed by atoms with Crippen molar-refractivity contribution in [3.63, 3.8) is 0 Å². The lowest BCUT2D eigenvalue weighted by Crippen LogP contribution is -2.06. The topological polar surface area (TPSA) is 70.2 Å². The third kappa shape index (κ3) is 3.74. The average Bonchev–Trinajstić information content (AvgIpc) is 3.00. The summed E-state index contributed by atoms with van der Waals surface area (Å²) >= 11 is 0. The summed E-state index contributed by atoms with van der Waals surface area (Å²) in [4.78, 5) is 15.3. The smallest absolute Gasteiger partial charge is 0.313 e. The lowest BCUT2D eigenvalue weighted by Gasteiger charge is -2.09. The number of aromatic nitrogens is 2. The number of imidazole rings is 1. The second-order valence-corrected chi connectivity index (χ2v) is 6.12. The van der Waals surface area contributed by atoms with Gasteiger partial charge in [0, 0.05) is 23.4 Å². The molecule has 0 aliphatic carbocycles. The van der Waals surface area contributed by atoms with E-state index in [1.807, 2.05) is 43.6 Å². The van der Waals surface area contributed by atoms with E-state index in [0.29, 0.717) is 17.9 Å². The first-order valence-corrected chi connectivity index (χ1v) is 8.52. The molecule has 0 fully saturated rings. The largest absolute Gasteiger partial charge is 0.487 e. The maximum absolute atomic E-state index is 11.2. The zero-order valence-corrected chi connectivity index (χ0v) is 14.9. The highest BCUT2D eigenvalue weighted by Gasteiger charge is 2.18. The lowest BCUT2D eigenvalue weighted by atomic mass is 10.1. The minimum absolute atomic E-state index is 0.0395. The van der Waals surface area contributed by atoms with Crippen molar-refractivity contribution in [1.82, 2.24) is 9.55 Å². The van der Waals surface area contributed by atoms with Gasteiger partial charge in [-0.05, 0) is 26.3 Å². The van der Waals surface area contributed by atoms with Crippen molar-refractivity contribution in [2.45, 2.75) is 26.8 Å². The monoisotopic (exact) mass is 351 g/mol. The molecule has 1 aromatic heterocycles. The molecule has 0 aliphatic rings. The number of aryl methyl sites for hydroxylation is 2. The normalized spacial score (nSPS) is 10.7. The van der Waals surface area contributed by atoms with E-state index >= 15 is 0 Å². The van der Waals surface area contributed by atoms with Crippen LogP contribution in [0.4, 0.5) is 5.69 Å². The number of ether oxygens (including phenoxy) is 1. The van der Waals surface area contributed by atoms with Crippen LogP contribution >= 0.6 is 0 Å². The van der Waals surface area contributed by atoms with Crippen LogP contribution in [0.15, 0.2) is 54.9 Å². The first-order chi connectivity index (χ1) is 12.6. The Morgan fingerprint density at radius 1 is 1.12 bits per heavy atom. The van der Waals surface area contributed by atoms with Gasteiger partial charge in [0.25, 0.3) is 0 Å². The molecule has 1 heterocycles. The summed E-state index contributed by atoms with van der Waals surface area (Å²) in [6, 6.07) is 15.2. The first-order valence-electron chi connectivity index (χ1n) is 8.52. The number of nitrogens with zero attached hydrogens (tertiary/aromatic N) is 3. The standard InChI is InChI=1S/C20H21N3O3/c1-15-8-6-11-18(20(15)23(24)25)26-13-7-12-22-14-21-19(16(22)2)17-9-4-3-5-10-17/h3-6,8-11,14H,7,12-13H2,1-2H3. The molecule has 0 aliphatic heterocycles. The molecule has 0 spiro atoms. The molecule has 3 aromatic rings. The number of nitro groups is 1. The summed E-state index contributed by atoms with van der Waals surface area (Å²) in [7, 11) is 0. The van der Waals surface area contributed by atoms with E-state index in [-0.39, 0.29) is 5.69 Å². The van der Waals surface area contributed by atoms with Crippen LogP contribution < -0.4 is 4.74 Å². The van der Waals surface area contributed by atoms with Crippen molar-refractivity contribution in [1.29, 1.82) is 0 Å². The highest BCUT2D eigenvalue weighted by molar-refractivity contribution is 5.61. The van der Waals surface area contributed by atoms with Gasteiger partial charge in [-0.25, -0.2) is 4.98 Å². The van der Waals surface area contributed by atoms with E-state index in [0.717, 1.165) is 29.9 Å². The van der Waals surface area contributed by atoms with Gasteiger partial charge in [-0.1, -0.05) is 42.5 Å². The highest BCUT2D eigenvalue weighted by Crippen LogP contribution is 2.30. The Morgan fingerprint density at radius 3 is 2.62 bits per heavy atom. The Morgan fingerprint density at radius 2 is 1.88 bits per heavy atom. The Hall–Kier alpha value is -3.15. The number of rotatable bonds is 7. The lowest BCUT2D eigenvalue weighted by molar-refractivity contribution is -0.386. The predicted octanol–water partition coefficient (Wildman–Crippen LogP) is 4.54. The molecule has 0 saturated carbocycles. The molecule has 3 rings (SSSR count). The molecule has 6 nitrogen and oxygen atoms in total. The third-order valence-corrected chi connectivity index (χ3v) is 4.33. The van der Waals surface area contributed by atoms with Gasteiger partial charge < -0.3 is 9.30 Å². The van der Waals surface area contributed by atoms with Crippen molar-refractivity contribution in [2.75, 3.05) is 6.61 Å². The van der Waals surface area contributed by atoms with Crippen LogP contribution in [0.3, 0.4) is 0 Å². The van der Waals surface area contributed by atoms with Crippen molar-refractivity contribution in [3.05, 3.63) is 76.2 Å². The highest BCUT2D eigenvalue weighted by atomic mass is 16.6. The summed E-state index contributed by atoms with van der Waals surface area (Å²) in [6.07, 6.45) is 2.56. The fourth-order valence-electron chi connectivity index (χ4n) is 2.95. The van der Waals surface area contributed by atoms with Gasteiger partial charge in [-0.2, -0.15) is 0 Å². The molecular formula is C20H21N3O3. The average molecular weight is 351 g/mol. The Balaban J connectivity index is 1.61. The van der Waals surface area contributed by atoms with Crippen LogP contribution in [0.1, 0.15) is 17.7 Å². The fourth-order valence-corrected chi connectivity index (χ4v) is 2.95. The van der Waals surface area contributed by atoms with Crippen LogP contribution in [0, 0.1) is 24.0 Å². The first kappa shape index (κ1) is 17.7. The predicted molar refractivity (Wildman–Crippen MR) is 100 cm³/mol. The van der Waals surface area contributed by atoms with Gasteiger partial charge >= 0.3 is 5.69 Å². The van der Waals surface area contributed by atoms with Crippen LogP contribution in [0.2, 0.25) is 0 Å². The van der Waals surface area contributed by atoms with E-state index in [1.165, 1.54) is 0 Å². The summed E-state index contributed by atoms with van der Waals surface area (Å²) in [5, 5.41) is 11.2. The maximum atomic E-state index is 11.2. The molecule has 0 unspecified atom stereocenters. The molecule has 0 saturated heterocycles. The second-order valence-electron chi connectivity index (χ2n) is 6.12. The van der Waals surface area contributed by atoms with Crippen molar-refractivity contribution >= 4 is 5.69 Å². The SMILES string of the molecule is Cc1cccc(OCCCn2cnc(-c3ccccc3)c2C)c1[N+](=O)[O-]. The van der Waals surface area contributed by atoms with Gasteiger partial charge in [-0.15, -0.1) is 0 Å². The summed E-state index contributed by atoms with van der Waals surface area (Å²) in [6.45, 7) is 4.90. The Labute approximate surface area is 152 Å². The Kier molecular flexibility index (Phi) is 5.31. The summed E-state index contributed by atoms with van der Waals surface area (Å²) in [5.74, 6) is 0.322. The minimum atomic E-state index is -0.392. The number of hydrogen-bond acceptors (Lipinski definition) is 4. The Bertz CT molecular complexity index is 904. The van der Waals surface area contributed by atoms with E-state index in [1.54, 1.807) is 25.1 Å². The molecule has 0 N–H and O–H groups in total. The van der Waals surface area contributed by atoms with Crippen molar-refractivity contribution in [2.24, 2.45) is 0 Å². The number of hydrogen-bond donors (Lipinski definition) is 0.